The molecule has 0 saturated carbocycles. The molecule has 2 saturated heterocycles. The molecule has 0 aliphatic carbocycles. The summed E-state index contributed by atoms with van der Waals surface area (Å²) < 4.78 is 19.9. The molecule has 19 heavy (non-hydrogen) atoms. The van der Waals surface area contributed by atoms with Crippen molar-refractivity contribution >= 4 is 33.4 Å². The minimum Gasteiger partial charge on any atom is -0.381 e. The van der Waals surface area contributed by atoms with E-state index in [0.29, 0.717) is 6.04 Å². The van der Waals surface area contributed by atoms with E-state index in [9.17, 15) is 4.39 Å². The zero-order valence-electron chi connectivity index (χ0n) is 10.6. The van der Waals surface area contributed by atoms with Crippen molar-refractivity contribution in [3.05, 3.63) is 28.5 Å². The maximum absolute atomic E-state index is 13.1. The molecule has 2 atom stereocenters. The molecule has 1 N–H and O–H groups in total. The van der Waals surface area contributed by atoms with Gasteiger partial charge in [0.25, 0.3) is 0 Å². The Balaban J connectivity index is 1.69. The van der Waals surface area contributed by atoms with Gasteiger partial charge in [0.2, 0.25) is 0 Å². The van der Waals surface area contributed by atoms with Crippen LogP contribution in [0.4, 0.5) is 10.1 Å². The van der Waals surface area contributed by atoms with Gasteiger partial charge in [0.1, 0.15) is 5.82 Å². The van der Waals surface area contributed by atoms with Gasteiger partial charge in [-0.3, -0.25) is 0 Å². The van der Waals surface area contributed by atoms with E-state index in [4.69, 9.17) is 4.74 Å². The molecule has 2 heterocycles. The maximum atomic E-state index is 13.1. The number of rotatable bonds is 2. The highest BCUT2D eigenvalue weighted by molar-refractivity contribution is 9.10. The van der Waals surface area contributed by atoms with E-state index >= 15 is 0 Å². The van der Waals surface area contributed by atoms with E-state index in [1.165, 1.54) is 17.9 Å². The molecule has 5 heteroatoms. The molecule has 104 valence electrons. The van der Waals surface area contributed by atoms with E-state index in [0.717, 1.165) is 41.8 Å². The summed E-state index contributed by atoms with van der Waals surface area (Å²) in [6.45, 7) is 0.817. The first-order valence-electron chi connectivity index (χ1n) is 6.60. The molecule has 0 bridgehead atoms. The van der Waals surface area contributed by atoms with Crippen LogP contribution < -0.4 is 5.32 Å². The van der Waals surface area contributed by atoms with Gasteiger partial charge in [0, 0.05) is 28.6 Å². The molecule has 1 aromatic carbocycles. The molecule has 0 aromatic heterocycles. The normalized spacial score (nSPS) is 30.7. The summed E-state index contributed by atoms with van der Waals surface area (Å²) in [5, 5.41) is 3.52. The lowest BCUT2D eigenvalue weighted by molar-refractivity contribution is -0.0628. The number of hydrogen-bond acceptors (Lipinski definition) is 3. The van der Waals surface area contributed by atoms with Crippen LogP contribution in [-0.2, 0) is 4.74 Å². The van der Waals surface area contributed by atoms with Gasteiger partial charge >= 0.3 is 0 Å². The number of thioether (sulfide) groups is 1. The Kier molecular flexibility index (Phi) is 4.06. The lowest BCUT2D eigenvalue weighted by Crippen LogP contribution is -2.44. The quantitative estimate of drug-likeness (QED) is 0.873. The van der Waals surface area contributed by atoms with Gasteiger partial charge in [-0.25, -0.2) is 4.39 Å². The first kappa shape index (κ1) is 13.7. The van der Waals surface area contributed by atoms with Crippen LogP contribution in [-0.4, -0.2) is 29.8 Å². The number of ether oxygens (including phenoxy) is 1. The largest absolute Gasteiger partial charge is 0.381 e. The number of benzene rings is 1. The fourth-order valence-electron chi connectivity index (χ4n) is 2.84. The third kappa shape index (κ3) is 3.09. The summed E-state index contributed by atoms with van der Waals surface area (Å²) >= 11 is 5.39. The van der Waals surface area contributed by atoms with Crippen LogP contribution in [0.5, 0.6) is 0 Å². The van der Waals surface area contributed by atoms with E-state index < -0.39 is 0 Å². The van der Waals surface area contributed by atoms with Crippen LogP contribution in [0.15, 0.2) is 22.7 Å². The second-order valence-corrected chi connectivity index (χ2v) is 7.25. The Hall–Kier alpha value is -0.260. The summed E-state index contributed by atoms with van der Waals surface area (Å²) in [6.07, 6.45) is 3.21. The first-order valence-corrected chi connectivity index (χ1v) is 8.55. The molecule has 1 spiro atoms. The van der Waals surface area contributed by atoms with Crippen LogP contribution in [0.3, 0.4) is 0 Å². The minimum absolute atomic E-state index is 0.0765. The van der Waals surface area contributed by atoms with Gasteiger partial charge in [0.05, 0.1) is 5.60 Å². The average molecular weight is 346 g/mol. The van der Waals surface area contributed by atoms with Crippen molar-refractivity contribution in [1.82, 2.24) is 0 Å². The van der Waals surface area contributed by atoms with Crippen molar-refractivity contribution in [2.75, 3.05) is 23.4 Å². The Bertz CT molecular complexity index is 465. The summed E-state index contributed by atoms with van der Waals surface area (Å²) in [6, 6.07) is 5.20. The maximum Gasteiger partial charge on any atom is 0.124 e. The molecular formula is C14H17BrFNOS. The molecule has 1 aromatic rings. The summed E-state index contributed by atoms with van der Waals surface area (Å²) in [4.78, 5) is 0. The second kappa shape index (κ2) is 5.62. The average Bonchev–Trinajstić information content (AvgIpc) is 2.81. The van der Waals surface area contributed by atoms with E-state index in [1.807, 2.05) is 11.8 Å². The van der Waals surface area contributed by atoms with Gasteiger partial charge in [-0.05, 0) is 59.1 Å². The van der Waals surface area contributed by atoms with Crippen LogP contribution in [0.1, 0.15) is 19.3 Å². The predicted molar refractivity (Wildman–Crippen MR) is 81.4 cm³/mol. The SMILES string of the molecule is Fc1ccc(NC2CCOC3(CCSC3)C2)c(Br)c1. The number of nitrogens with one attached hydrogen (secondary N) is 1. The Morgan fingerprint density at radius 1 is 1.47 bits per heavy atom. The van der Waals surface area contributed by atoms with Crippen molar-refractivity contribution in [2.45, 2.75) is 30.9 Å². The first-order chi connectivity index (χ1) is 9.17. The van der Waals surface area contributed by atoms with E-state index in [1.54, 1.807) is 6.07 Å². The van der Waals surface area contributed by atoms with Gasteiger partial charge in [-0.15, -0.1) is 0 Å². The van der Waals surface area contributed by atoms with Crippen LogP contribution in [0.2, 0.25) is 0 Å². The van der Waals surface area contributed by atoms with Crippen molar-refractivity contribution in [3.8, 4) is 0 Å². The zero-order valence-corrected chi connectivity index (χ0v) is 13.0. The Morgan fingerprint density at radius 2 is 2.37 bits per heavy atom. The molecule has 0 radical (unpaired) electrons. The van der Waals surface area contributed by atoms with Crippen molar-refractivity contribution in [2.24, 2.45) is 0 Å². The molecule has 2 aliphatic rings. The third-order valence-corrected chi connectivity index (χ3v) is 5.73. The van der Waals surface area contributed by atoms with E-state index in [2.05, 4.69) is 21.2 Å². The van der Waals surface area contributed by atoms with Crippen LogP contribution in [0, 0.1) is 5.82 Å². The van der Waals surface area contributed by atoms with Gasteiger partial charge in [0.15, 0.2) is 0 Å². The summed E-state index contributed by atoms with van der Waals surface area (Å²) in [5.41, 5.74) is 1.04. The lowest BCUT2D eigenvalue weighted by Gasteiger charge is -2.38. The standard InChI is InChI=1S/C14H17BrFNOS/c15-12-7-10(16)1-2-13(12)17-11-3-5-18-14(8-11)4-6-19-9-14/h1-2,7,11,17H,3-6,8-9H2. The van der Waals surface area contributed by atoms with Gasteiger partial charge in [-0.1, -0.05) is 0 Å². The molecule has 2 aliphatic heterocycles. The minimum atomic E-state index is -0.215. The van der Waals surface area contributed by atoms with E-state index in [-0.39, 0.29) is 11.4 Å². The third-order valence-electron chi connectivity index (χ3n) is 3.85. The smallest absolute Gasteiger partial charge is 0.124 e. The lowest BCUT2D eigenvalue weighted by atomic mass is 9.90. The fraction of sp³-hybridized carbons (Fsp3) is 0.571. The Labute approximate surface area is 125 Å². The summed E-state index contributed by atoms with van der Waals surface area (Å²) in [5.74, 6) is 2.09. The molecule has 2 unspecified atom stereocenters. The van der Waals surface area contributed by atoms with Crippen LogP contribution >= 0.6 is 27.7 Å². The summed E-state index contributed by atoms with van der Waals surface area (Å²) in [7, 11) is 0. The molecule has 3 rings (SSSR count). The molecular weight excluding hydrogens is 329 g/mol. The van der Waals surface area contributed by atoms with Crippen LogP contribution in [0.25, 0.3) is 0 Å². The van der Waals surface area contributed by atoms with Crippen molar-refractivity contribution in [3.63, 3.8) is 0 Å². The molecule has 2 nitrogen and oxygen atoms in total. The highest BCUT2D eigenvalue weighted by Crippen LogP contribution is 2.39. The zero-order chi connectivity index (χ0) is 13.3. The topological polar surface area (TPSA) is 21.3 Å². The Morgan fingerprint density at radius 3 is 3.11 bits per heavy atom. The van der Waals surface area contributed by atoms with Crippen molar-refractivity contribution < 1.29 is 9.13 Å². The molecule has 2 fully saturated rings. The number of anilines is 1. The second-order valence-electron chi connectivity index (χ2n) is 5.29. The van der Waals surface area contributed by atoms with Gasteiger partial charge in [-0.2, -0.15) is 11.8 Å². The predicted octanol–water partition coefficient (Wildman–Crippen LogP) is 4.05. The highest BCUT2D eigenvalue weighted by Gasteiger charge is 2.40. The fourth-order valence-corrected chi connectivity index (χ4v) is 4.68. The number of hydrogen-bond donors (Lipinski definition) is 1. The number of halogens is 2. The molecule has 0 amide bonds. The monoisotopic (exact) mass is 345 g/mol. The van der Waals surface area contributed by atoms with Crippen molar-refractivity contribution in [1.29, 1.82) is 0 Å². The highest BCUT2D eigenvalue weighted by atomic mass is 79.9. The van der Waals surface area contributed by atoms with Gasteiger partial charge < -0.3 is 10.1 Å².